The lowest BCUT2D eigenvalue weighted by Gasteiger charge is -2.36. The van der Waals surface area contributed by atoms with Crippen molar-refractivity contribution in [1.29, 1.82) is 0 Å². The number of aromatic nitrogens is 1. The van der Waals surface area contributed by atoms with Crippen LogP contribution in [0.4, 0.5) is 0 Å². The SMILES string of the molecule is CC(C)OC(=O)c1ccc(C(c2ccccc2)(c2ccccc2)c2ccccc2)cn1. The van der Waals surface area contributed by atoms with E-state index in [0.717, 1.165) is 22.3 Å². The Morgan fingerprint density at radius 3 is 1.48 bits per heavy atom. The summed E-state index contributed by atoms with van der Waals surface area (Å²) >= 11 is 0. The summed E-state index contributed by atoms with van der Waals surface area (Å²) in [6, 6.07) is 35.0. The molecule has 31 heavy (non-hydrogen) atoms. The maximum Gasteiger partial charge on any atom is 0.357 e. The first kappa shape index (κ1) is 20.5. The number of rotatable bonds is 6. The zero-order chi connectivity index (χ0) is 21.7. The van der Waals surface area contributed by atoms with Crippen LogP contribution >= 0.6 is 0 Å². The average molecular weight is 408 g/mol. The van der Waals surface area contributed by atoms with Crippen molar-refractivity contribution >= 4 is 5.97 Å². The van der Waals surface area contributed by atoms with Crippen molar-refractivity contribution in [3.8, 4) is 0 Å². The molecular formula is C28H25NO2. The molecule has 0 bridgehead atoms. The van der Waals surface area contributed by atoms with E-state index in [1.807, 2.05) is 38.1 Å². The second-order valence-electron chi connectivity index (χ2n) is 7.73. The summed E-state index contributed by atoms with van der Waals surface area (Å²) in [6.07, 6.45) is 1.61. The fourth-order valence-corrected chi connectivity index (χ4v) is 4.08. The largest absolute Gasteiger partial charge is 0.458 e. The Labute approximate surface area is 183 Å². The van der Waals surface area contributed by atoms with Gasteiger partial charge in [0.2, 0.25) is 0 Å². The van der Waals surface area contributed by atoms with Crippen LogP contribution in [0.1, 0.15) is 46.6 Å². The van der Waals surface area contributed by atoms with Crippen LogP contribution in [0.15, 0.2) is 109 Å². The number of hydrogen-bond donors (Lipinski definition) is 0. The highest BCUT2D eigenvalue weighted by Crippen LogP contribution is 2.44. The topological polar surface area (TPSA) is 39.2 Å². The Morgan fingerprint density at radius 2 is 1.13 bits per heavy atom. The van der Waals surface area contributed by atoms with Crippen molar-refractivity contribution in [2.45, 2.75) is 25.4 Å². The number of benzene rings is 3. The molecule has 3 nitrogen and oxygen atoms in total. The summed E-state index contributed by atoms with van der Waals surface area (Å²) in [6.45, 7) is 3.66. The maximum atomic E-state index is 12.3. The van der Waals surface area contributed by atoms with Crippen LogP contribution in [0, 0.1) is 0 Å². The quantitative estimate of drug-likeness (QED) is 0.289. The van der Waals surface area contributed by atoms with Crippen LogP contribution in [0.3, 0.4) is 0 Å². The third-order valence-electron chi connectivity index (χ3n) is 5.37. The van der Waals surface area contributed by atoms with Crippen LogP contribution in [-0.2, 0) is 10.2 Å². The molecule has 4 rings (SSSR count). The second-order valence-corrected chi connectivity index (χ2v) is 7.73. The van der Waals surface area contributed by atoms with Crippen molar-refractivity contribution in [2.24, 2.45) is 0 Å². The summed E-state index contributed by atoms with van der Waals surface area (Å²) < 4.78 is 5.31. The van der Waals surface area contributed by atoms with Crippen molar-refractivity contribution in [1.82, 2.24) is 4.98 Å². The number of ether oxygens (including phenoxy) is 1. The maximum absolute atomic E-state index is 12.3. The third kappa shape index (κ3) is 3.99. The zero-order valence-electron chi connectivity index (χ0n) is 17.7. The van der Waals surface area contributed by atoms with E-state index in [0.29, 0.717) is 5.69 Å². The molecule has 1 aromatic heterocycles. The minimum absolute atomic E-state index is 0.189. The molecule has 1 heterocycles. The summed E-state index contributed by atoms with van der Waals surface area (Å²) in [7, 11) is 0. The van der Waals surface area contributed by atoms with Crippen molar-refractivity contribution in [3.05, 3.63) is 137 Å². The van der Waals surface area contributed by atoms with Gasteiger partial charge < -0.3 is 4.74 Å². The molecular weight excluding hydrogens is 382 g/mol. The van der Waals surface area contributed by atoms with Gasteiger partial charge in [-0.3, -0.25) is 0 Å². The molecule has 4 aromatic rings. The van der Waals surface area contributed by atoms with E-state index in [-0.39, 0.29) is 6.10 Å². The lowest BCUT2D eigenvalue weighted by molar-refractivity contribution is 0.0371. The molecule has 0 spiro atoms. The van der Waals surface area contributed by atoms with Gasteiger partial charge >= 0.3 is 5.97 Å². The van der Waals surface area contributed by atoms with Gasteiger partial charge in [0.25, 0.3) is 0 Å². The first-order chi connectivity index (χ1) is 15.1. The van der Waals surface area contributed by atoms with Crippen LogP contribution in [-0.4, -0.2) is 17.1 Å². The number of pyridine rings is 1. The molecule has 0 aliphatic rings. The Morgan fingerprint density at radius 1 is 0.677 bits per heavy atom. The van der Waals surface area contributed by atoms with Gasteiger partial charge in [-0.15, -0.1) is 0 Å². The second kappa shape index (κ2) is 8.97. The van der Waals surface area contributed by atoms with Crippen LogP contribution in [0.5, 0.6) is 0 Å². The third-order valence-corrected chi connectivity index (χ3v) is 5.37. The molecule has 0 unspecified atom stereocenters. The van der Waals surface area contributed by atoms with Crippen molar-refractivity contribution in [2.75, 3.05) is 0 Å². The summed E-state index contributed by atoms with van der Waals surface area (Å²) in [5.74, 6) is -0.411. The predicted molar refractivity (Wildman–Crippen MR) is 123 cm³/mol. The minimum Gasteiger partial charge on any atom is -0.458 e. The van der Waals surface area contributed by atoms with Gasteiger partial charge in [-0.25, -0.2) is 9.78 Å². The van der Waals surface area contributed by atoms with Crippen molar-refractivity contribution in [3.63, 3.8) is 0 Å². The summed E-state index contributed by atoms with van der Waals surface area (Å²) in [4.78, 5) is 16.8. The van der Waals surface area contributed by atoms with E-state index in [9.17, 15) is 4.79 Å². The molecule has 0 atom stereocenters. The molecule has 0 amide bonds. The van der Waals surface area contributed by atoms with Crippen LogP contribution < -0.4 is 0 Å². The van der Waals surface area contributed by atoms with Gasteiger partial charge in [0.1, 0.15) is 5.69 Å². The molecule has 0 saturated heterocycles. The van der Waals surface area contributed by atoms with E-state index < -0.39 is 11.4 Å². The Hall–Kier alpha value is -3.72. The highest BCUT2D eigenvalue weighted by Gasteiger charge is 2.38. The monoisotopic (exact) mass is 407 g/mol. The van der Waals surface area contributed by atoms with Gasteiger partial charge in [-0.1, -0.05) is 97.1 Å². The van der Waals surface area contributed by atoms with Crippen LogP contribution in [0.2, 0.25) is 0 Å². The average Bonchev–Trinajstić information content (AvgIpc) is 2.82. The summed E-state index contributed by atoms with van der Waals surface area (Å²) in [5, 5.41) is 0. The lowest BCUT2D eigenvalue weighted by Crippen LogP contribution is -2.31. The molecule has 3 heteroatoms. The highest BCUT2D eigenvalue weighted by molar-refractivity contribution is 5.87. The molecule has 0 N–H and O–H groups in total. The number of hydrogen-bond acceptors (Lipinski definition) is 3. The molecule has 0 aliphatic carbocycles. The first-order valence-electron chi connectivity index (χ1n) is 10.5. The van der Waals surface area contributed by atoms with Crippen LogP contribution in [0.25, 0.3) is 0 Å². The van der Waals surface area contributed by atoms with E-state index >= 15 is 0 Å². The van der Waals surface area contributed by atoms with E-state index in [1.54, 1.807) is 12.3 Å². The van der Waals surface area contributed by atoms with Gasteiger partial charge in [0.15, 0.2) is 0 Å². The number of nitrogens with zero attached hydrogens (tertiary/aromatic N) is 1. The van der Waals surface area contributed by atoms with Gasteiger partial charge in [-0.2, -0.15) is 0 Å². The van der Waals surface area contributed by atoms with Crippen molar-refractivity contribution < 1.29 is 9.53 Å². The van der Waals surface area contributed by atoms with E-state index in [1.165, 1.54) is 0 Å². The first-order valence-corrected chi connectivity index (χ1v) is 10.5. The smallest absolute Gasteiger partial charge is 0.357 e. The Bertz CT molecular complexity index is 1030. The van der Waals surface area contributed by atoms with E-state index in [4.69, 9.17) is 4.74 Å². The molecule has 0 aliphatic heterocycles. The predicted octanol–water partition coefficient (Wildman–Crippen LogP) is 6.03. The normalized spacial score (nSPS) is 11.3. The Balaban J connectivity index is 1.96. The number of carbonyl (C=O) groups is 1. The number of carbonyl (C=O) groups excluding carboxylic acids is 1. The standard InChI is InChI=1S/C28H25NO2/c1-21(2)31-27(30)26-19-18-25(20-29-26)28(22-12-6-3-7-13-22,23-14-8-4-9-15-23)24-16-10-5-11-17-24/h3-21H,1-2H3. The lowest BCUT2D eigenvalue weighted by atomic mass is 9.65. The summed E-state index contributed by atoms with van der Waals surface area (Å²) in [5.41, 5.74) is 4.11. The number of esters is 1. The van der Waals surface area contributed by atoms with E-state index in [2.05, 4.69) is 77.8 Å². The molecule has 0 saturated carbocycles. The highest BCUT2D eigenvalue weighted by atomic mass is 16.5. The molecule has 3 aromatic carbocycles. The van der Waals surface area contributed by atoms with Gasteiger partial charge in [0.05, 0.1) is 11.5 Å². The fraction of sp³-hybridized carbons (Fsp3) is 0.143. The molecule has 0 fully saturated rings. The zero-order valence-corrected chi connectivity index (χ0v) is 17.7. The molecule has 0 radical (unpaired) electrons. The van der Waals surface area contributed by atoms with Gasteiger partial charge in [0, 0.05) is 6.20 Å². The fourth-order valence-electron chi connectivity index (χ4n) is 4.08. The Kier molecular flexibility index (Phi) is 5.94. The molecule has 154 valence electrons. The minimum atomic E-state index is -0.572. The van der Waals surface area contributed by atoms with Gasteiger partial charge in [-0.05, 0) is 42.2 Å².